The highest BCUT2D eigenvalue weighted by Crippen LogP contribution is 2.30. The van der Waals surface area contributed by atoms with Crippen LogP contribution in [0.5, 0.6) is 0 Å². The maximum Gasteiger partial charge on any atom is 0.266 e. The molecule has 0 N–H and O–H groups in total. The molecule has 5 heteroatoms. The van der Waals surface area contributed by atoms with Gasteiger partial charge in [-0.3, -0.25) is 0 Å². The summed E-state index contributed by atoms with van der Waals surface area (Å²) in [4.78, 5) is 6.60. The molecule has 1 unspecified atom stereocenters. The van der Waals surface area contributed by atoms with Crippen LogP contribution in [0.1, 0.15) is 45.4 Å². The largest absolute Gasteiger partial charge is 0.338 e. The number of hydrogen-bond donors (Lipinski definition) is 0. The van der Waals surface area contributed by atoms with Gasteiger partial charge in [-0.25, -0.2) is 0 Å². The predicted molar refractivity (Wildman–Crippen MR) is 68.1 cm³/mol. The van der Waals surface area contributed by atoms with Gasteiger partial charge in [0, 0.05) is 25.9 Å². The summed E-state index contributed by atoms with van der Waals surface area (Å²) >= 11 is 0. The van der Waals surface area contributed by atoms with E-state index in [2.05, 4.69) is 35.0 Å². The summed E-state index contributed by atoms with van der Waals surface area (Å²) in [7, 11) is 0. The van der Waals surface area contributed by atoms with Gasteiger partial charge >= 0.3 is 0 Å². The Morgan fingerprint density at radius 3 is 2.78 bits per heavy atom. The molecule has 18 heavy (non-hydrogen) atoms. The van der Waals surface area contributed by atoms with Crippen molar-refractivity contribution in [1.29, 1.82) is 5.26 Å². The number of nitriles is 1. The lowest BCUT2D eigenvalue weighted by molar-refractivity contribution is 0.266. The van der Waals surface area contributed by atoms with Crippen molar-refractivity contribution in [1.82, 2.24) is 10.1 Å². The highest BCUT2D eigenvalue weighted by Gasteiger charge is 2.26. The van der Waals surface area contributed by atoms with Crippen LogP contribution < -0.4 is 4.90 Å². The molecule has 0 aliphatic carbocycles. The number of rotatable bonds is 5. The maximum absolute atomic E-state index is 8.86. The molecule has 1 aromatic rings. The average molecular weight is 248 g/mol. The summed E-state index contributed by atoms with van der Waals surface area (Å²) in [6.07, 6.45) is 4.53. The normalized spacial score (nSPS) is 18.6. The molecular formula is C13H20N4O. The van der Waals surface area contributed by atoms with E-state index < -0.39 is 0 Å². The van der Waals surface area contributed by atoms with Crippen LogP contribution >= 0.6 is 0 Å². The van der Waals surface area contributed by atoms with Crippen LogP contribution in [-0.4, -0.2) is 23.2 Å². The summed E-state index contributed by atoms with van der Waals surface area (Å²) in [6.45, 7) is 6.22. The second-order valence-corrected chi connectivity index (χ2v) is 5.36. The second kappa shape index (κ2) is 5.38. The van der Waals surface area contributed by atoms with Crippen LogP contribution in [0.2, 0.25) is 0 Å². The van der Waals surface area contributed by atoms with Gasteiger partial charge in [-0.15, -0.1) is 0 Å². The first-order chi connectivity index (χ1) is 8.67. The van der Waals surface area contributed by atoms with Crippen LogP contribution in [0.3, 0.4) is 0 Å². The van der Waals surface area contributed by atoms with Crippen molar-refractivity contribution in [3.05, 3.63) is 5.89 Å². The first kappa shape index (κ1) is 12.9. The zero-order chi connectivity index (χ0) is 13.0. The van der Waals surface area contributed by atoms with Gasteiger partial charge in [0.2, 0.25) is 5.89 Å². The third-order valence-electron chi connectivity index (χ3n) is 3.78. The zero-order valence-corrected chi connectivity index (χ0v) is 11.1. The monoisotopic (exact) mass is 248 g/mol. The molecule has 2 heterocycles. The van der Waals surface area contributed by atoms with Crippen LogP contribution in [0.15, 0.2) is 4.52 Å². The van der Waals surface area contributed by atoms with Crippen molar-refractivity contribution in [3.8, 4) is 6.07 Å². The Hall–Kier alpha value is -1.57. The fourth-order valence-corrected chi connectivity index (χ4v) is 2.23. The molecule has 0 aromatic carbocycles. The van der Waals surface area contributed by atoms with Crippen molar-refractivity contribution in [2.24, 2.45) is 5.41 Å². The van der Waals surface area contributed by atoms with Gasteiger partial charge in [-0.05, 0) is 29.8 Å². The lowest BCUT2D eigenvalue weighted by Gasteiger charge is -2.22. The Bertz CT molecular complexity index is 430. The number of aromatic nitrogens is 2. The fraction of sp³-hybridized carbons (Fsp3) is 0.769. The average Bonchev–Trinajstić information content (AvgIpc) is 2.99. The molecule has 2 rings (SSSR count). The van der Waals surface area contributed by atoms with Gasteiger partial charge in [-0.2, -0.15) is 10.2 Å². The first-order valence-corrected chi connectivity index (χ1v) is 6.61. The Labute approximate surface area is 108 Å². The molecule has 1 atom stereocenters. The molecule has 0 bridgehead atoms. The van der Waals surface area contributed by atoms with Gasteiger partial charge < -0.3 is 9.42 Å². The quantitative estimate of drug-likeness (QED) is 0.801. The maximum atomic E-state index is 8.86. The summed E-state index contributed by atoms with van der Waals surface area (Å²) in [5, 5.41) is 12.9. The minimum absolute atomic E-state index is 0.0659. The highest BCUT2D eigenvalue weighted by molar-refractivity contribution is 5.28. The Balaban J connectivity index is 2.03. The molecule has 0 saturated carbocycles. The lowest BCUT2D eigenvalue weighted by Crippen LogP contribution is -2.20. The van der Waals surface area contributed by atoms with Gasteiger partial charge in [0.1, 0.15) is 0 Å². The van der Waals surface area contributed by atoms with E-state index in [1.54, 1.807) is 0 Å². The predicted octanol–water partition coefficient (Wildman–Crippen LogP) is 2.54. The molecule has 1 aliphatic heterocycles. The van der Waals surface area contributed by atoms with Gasteiger partial charge in [0.25, 0.3) is 5.95 Å². The molecular weight excluding hydrogens is 228 g/mol. The fourth-order valence-electron chi connectivity index (χ4n) is 2.23. The second-order valence-electron chi connectivity index (χ2n) is 5.36. The summed E-state index contributed by atoms with van der Waals surface area (Å²) in [5.74, 6) is 1.36. The van der Waals surface area contributed by atoms with E-state index in [1.807, 2.05) is 0 Å². The van der Waals surface area contributed by atoms with Crippen LogP contribution in [0, 0.1) is 16.7 Å². The molecule has 1 aromatic heterocycles. The Kier molecular flexibility index (Phi) is 3.85. The minimum atomic E-state index is -0.0659. The van der Waals surface area contributed by atoms with E-state index in [9.17, 15) is 0 Å². The molecule has 1 aliphatic rings. The Morgan fingerprint density at radius 2 is 2.17 bits per heavy atom. The number of nitrogens with zero attached hydrogens (tertiary/aromatic N) is 4. The van der Waals surface area contributed by atoms with Crippen molar-refractivity contribution in [3.63, 3.8) is 0 Å². The zero-order valence-electron chi connectivity index (χ0n) is 11.1. The summed E-state index contributed by atoms with van der Waals surface area (Å²) in [6, 6.07) is 2.24. The van der Waals surface area contributed by atoms with E-state index in [-0.39, 0.29) is 5.41 Å². The third kappa shape index (κ3) is 2.81. The molecule has 0 radical (unpaired) electrons. The highest BCUT2D eigenvalue weighted by atomic mass is 16.5. The van der Waals surface area contributed by atoms with E-state index >= 15 is 0 Å². The number of anilines is 1. The molecule has 5 nitrogen and oxygen atoms in total. The number of hydrogen-bond acceptors (Lipinski definition) is 5. The first-order valence-electron chi connectivity index (χ1n) is 6.61. The van der Waals surface area contributed by atoms with Gasteiger partial charge in [0.05, 0.1) is 6.07 Å². The van der Waals surface area contributed by atoms with Gasteiger partial charge in [-0.1, -0.05) is 13.8 Å². The standard InChI is InChI=1S/C13H20N4O/c1-3-13(2,6-7-14)10-11-15-12(16-18-11)17-8-4-5-9-17/h3-6,8-10H2,1-2H3. The molecule has 1 fully saturated rings. The lowest BCUT2D eigenvalue weighted by atomic mass is 9.81. The van der Waals surface area contributed by atoms with Crippen LogP contribution in [0.25, 0.3) is 0 Å². The van der Waals surface area contributed by atoms with Crippen LogP contribution in [-0.2, 0) is 6.42 Å². The van der Waals surface area contributed by atoms with E-state index in [0.29, 0.717) is 24.7 Å². The molecule has 0 spiro atoms. The van der Waals surface area contributed by atoms with Crippen molar-refractivity contribution in [2.75, 3.05) is 18.0 Å². The summed E-state index contributed by atoms with van der Waals surface area (Å²) in [5.41, 5.74) is -0.0659. The Morgan fingerprint density at radius 1 is 1.44 bits per heavy atom. The smallest absolute Gasteiger partial charge is 0.266 e. The minimum Gasteiger partial charge on any atom is -0.338 e. The van der Waals surface area contributed by atoms with E-state index in [1.165, 1.54) is 12.8 Å². The van der Waals surface area contributed by atoms with Crippen molar-refractivity contribution < 1.29 is 4.52 Å². The summed E-state index contributed by atoms with van der Waals surface area (Å²) < 4.78 is 5.31. The van der Waals surface area contributed by atoms with E-state index in [4.69, 9.17) is 9.78 Å². The van der Waals surface area contributed by atoms with Gasteiger partial charge in [0.15, 0.2) is 0 Å². The third-order valence-corrected chi connectivity index (χ3v) is 3.78. The topological polar surface area (TPSA) is 66.0 Å². The molecule has 98 valence electrons. The van der Waals surface area contributed by atoms with E-state index in [0.717, 1.165) is 19.5 Å². The van der Waals surface area contributed by atoms with Crippen LogP contribution in [0.4, 0.5) is 5.95 Å². The SMILES string of the molecule is CCC(C)(CC#N)Cc1nc(N2CCCC2)no1. The molecule has 1 saturated heterocycles. The molecule has 0 amide bonds. The van der Waals surface area contributed by atoms with Crippen molar-refractivity contribution in [2.45, 2.75) is 46.0 Å². The van der Waals surface area contributed by atoms with Crippen molar-refractivity contribution >= 4 is 5.95 Å².